The third-order valence-corrected chi connectivity index (χ3v) is 2.84. The number of halogens is 2. The van der Waals surface area contributed by atoms with Gasteiger partial charge in [0.25, 0.3) is 0 Å². The maximum absolute atomic E-state index is 10.6. The second-order valence-electron chi connectivity index (χ2n) is 3.99. The molecule has 0 fully saturated rings. The highest BCUT2D eigenvalue weighted by Crippen LogP contribution is 2.15. The number of carbonyl (C=O) groups is 1. The van der Waals surface area contributed by atoms with Crippen LogP contribution in [0.1, 0.15) is 19.4 Å². The summed E-state index contributed by atoms with van der Waals surface area (Å²) in [5.41, 5.74) is 7.60. The Balaban J connectivity index is 0. The van der Waals surface area contributed by atoms with Crippen molar-refractivity contribution in [3.05, 3.63) is 29.8 Å². The molecule has 0 aliphatic carbocycles. The molecule has 0 aromatic heterocycles. The fourth-order valence-corrected chi connectivity index (χ4v) is 1.77. The normalized spacial score (nSPS) is 10.9. The van der Waals surface area contributed by atoms with Crippen molar-refractivity contribution in [1.29, 1.82) is 0 Å². The number of hydrogen-bond acceptors (Lipinski definition) is 3. The molecule has 3 N–H and O–H groups in total. The SMILES string of the molecule is CCN(CC)c1ccc(CC(N)C(=O)O)cc1.Cl.Cl. The van der Waals surface area contributed by atoms with Crippen LogP contribution in [0, 0.1) is 0 Å². The zero-order chi connectivity index (χ0) is 12.8. The van der Waals surface area contributed by atoms with Gasteiger partial charge in [-0.3, -0.25) is 4.79 Å². The van der Waals surface area contributed by atoms with Crippen LogP contribution >= 0.6 is 24.8 Å². The van der Waals surface area contributed by atoms with Gasteiger partial charge >= 0.3 is 5.97 Å². The summed E-state index contributed by atoms with van der Waals surface area (Å²) in [4.78, 5) is 12.9. The molecule has 1 rings (SSSR count). The molecule has 4 nitrogen and oxygen atoms in total. The van der Waals surface area contributed by atoms with Crippen molar-refractivity contribution in [2.75, 3.05) is 18.0 Å². The predicted molar refractivity (Wildman–Crippen MR) is 83.8 cm³/mol. The van der Waals surface area contributed by atoms with E-state index >= 15 is 0 Å². The first-order valence-electron chi connectivity index (χ1n) is 5.90. The van der Waals surface area contributed by atoms with E-state index in [1.165, 1.54) is 0 Å². The molecule has 1 aromatic carbocycles. The molecule has 1 unspecified atom stereocenters. The molecule has 0 saturated carbocycles. The number of carboxylic acids is 1. The lowest BCUT2D eigenvalue weighted by molar-refractivity contribution is -0.138. The summed E-state index contributed by atoms with van der Waals surface area (Å²) in [5.74, 6) is -0.960. The van der Waals surface area contributed by atoms with Gasteiger partial charge in [-0.1, -0.05) is 12.1 Å². The standard InChI is InChI=1S/C13H20N2O2.2ClH/c1-3-15(4-2)11-7-5-10(6-8-11)9-12(14)13(16)17;;/h5-8,12H,3-4,9,14H2,1-2H3,(H,16,17);2*1H. The number of nitrogens with two attached hydrogens (primary N) is 1. The van der Waals surface area contributed by atoms with Gasteiger partial charge in [-0.05, 0) is 38.0 Å². The van der Waals surface area contributed by atoms with Gasteiger partial charge in [0.05, 0.1) is 0 Å². The van der Waals surface area contributed by atoms with Crippen molar-refractivity contribution in [3.8, 4) is 0 Å². The van der Waals surface area contributed by atoms with Crippen molar-refractivity contribution in [2.24, 2.45) is 5.73 Å². The molecular weight excluding hydrogens is 287 g/mol. The molecule has 0 spiro atoms. The van der Waals surface area contributed by atoms with Crippen molar-refractivity contribution in [3.63, 3.8) is 0 Å². The molecule has 1 aromatic rings. The van der Waals surface area contributed by atoms with Gasteiger partial charge in [0.15, 0.2) is 0 Å². The van der Waals surface area contributed by atoms with E-state index in [9.17, 15) is 4.79 Å². The minimum Gasteiger partial charge on any atom is -0.480 e. The van der Waals surface area contributed by atoms with E-state index in [4.69, 9.17) is 10.8 Å². The summed E-state index contributed by atoms with van der Waals surface area (Å²) < 4.78 is 0. The average molecular weight is 309 g/mol. The first-order chi connectivity index (χ1) is 8.08. The van der Waals surface area contributed by atoms with E-state index in [1.54, 1.807) is 0 Å². The molecule has 6 heteroatoms. The summed E-state index contributed by atoms with van der Waals surface area (Å²) in [5, 5.41) is 8.73. The quantitative estimate of drug-likeness (QED) is 0.846. The first kappa shape index (κ1) is 20.3. The monoisotopic (exact) mass is 308 g/mol. The number of rotatable bonds is 6. The van der Waals surface area contributed by atoms with Crippen molar-refractivity contribution in [2.45, 2.75) is 26.3 Å². The Morgan fingerprint density at radius 3 is 2.05 bits per heavy atom. The fraction of sp³-hybridized carbons (Fsp3) is 0.462. The van der Waals surface area contributed by atoms with E-state index in [2.05, 4.69) is 18.7 Å². The summed E-state index contributed by atoms with van der Waals surface area (Å²) in [6, 6.07) is 7.08. The van der Waals surface area contributed by atoms with Crippen LogP contribution in [0.4, 0.5) is 5.69 Å². The number of hydrogen-bond donors (Lipinski definition) is 2. The lowest BCUT2D eigenvalue weighted by atomic mass is 10.1. The van der Waals surface area contributed by atoms with Gasteiger partial charge in [0.2, 0.25) is 0 Å². The second-order valence-corrected chi connectivity index (χ2v) is 3.99. The highest BCUT2D eigenvalue weighted by atomic mass is 35.5. The Hall–Kier alpha value is -0.970. The lowest BCUT2D eigenvalue weighted by Crippen LogP contribution is -2.32. The molecule has 0 heterocycles. The molecule has 110 valence electrons. The summed E-state index contributed by atoms with van der Waals surface area (Å²) >= 11 is 0. The smallest absolute Gasteiger partial charge is 0.320 e. The summed E-state index contributed by atoms with van der Waals surface area (Å²) in [7, 11) is 0. The van der Waals surface area contributed by atoms with Crippen LogP contribution < -0.4 is 10.6 Å². The highest BCUT2D eigenvalue weighted by Gasteiger charge is 2.12. The second kappa shape index (κ2) is 9.89. The molecular formula is C13H22Cl2N2O2. The Morgan fingerprint density at radius 1 is 1.21 bits per heavy atom. The Kier molecular flexibility index (Phi) is 10.6. The average Bonchev–Trinajstić information content (AvgIpc) is 2.32. The Bertz CT molecular complexity index is 367. The van der Waals surface area contributed by atoms with E-state index < -0.39 is 12.0 Å². The largest absolute Gasteiger partial charge is 0.480 e. The minimum absolute atomic E-state index is 0. The lowest BCUT2D eigenvalue weighted by Gasteiger charge is -2.21. The number of carboxylic acid groups (broad SMARTS) is 1. The third-order valence-electron chi connectivity index (χ3n) is 2.84. The Morgan fingerprint density at radius 2 is 1.68 bits per heavy atom. The molecule has 19 heavy (non-hydrogen) atoms. The van der Waals surface area contributed by atoms with Crippen molar-refractivity contribution in [1.82, 2.24) is 0 Å². The molecule has 0 aliphatic rings. The van der Waals surface area contributed by atoms with Gasteiger partial charge in [-0.25, -0.2) is 0 Å². The molecule has 0 saturated heterocycles. The number of anilines is 1. The van der Waals surface area contributed by atoms with Crippen LogP contribution in [-0.4, -0.2) is 30.2 Å². The highest BCUT2D eigenvalue weighted by molar-refractivity contribution is 5.85. The zero-order valence-corrected chi connectivity index (χ0v) is 12.8. The van der Waals surface area contributed by atoms with Gasteiger partial charge < -0.3 is 15.7 Å². The van der Waals surface area contributed by atoms with Crippen LogP contribution in [0.25, 0.3) is 0 Å². The maximum Gasteiger partial charge on any atom is 0.320 e. The van der Waals surface area contributed by atoms with Gasteiger partial charge in [0.1, 0.15) is 6.04 Å². The Labute approximate surface area is 126 Å². The summed E-state index contributed by atoms with van der Waals surface area (Å²) in [6.45, 7) is 6.14. The number of aliphatic carboxylic acids is 1. The van der Waals surface area contributed by atoms with Crippen molar-refractivity contribution >= 4 is 36.5 Å². The zero-order valence-electron chi connectivity index (χ0n) is 11.2. The predicted octanol–water partition coefficient (Wildman–Crippen LogP) is 2.33. The summed E-state index contributed by atoms with van der Waals surface area (Å²) in [6.07, 6.45) is 0.369. The maximum atomic E-state index is 10.6. The van der Waals surface area contributed by atoms with Crippen LogP contribution in [0.3, 0.4) is 0 Å². The topological polar surface area (TPSA) is 66.6 Å². The van der Waals surface area contributed by atoms with Gasteiger partial charge in [-0.15, -0.1) is 24.8 Å². The van der Waals surface area contributed by atoms with Gasteiger partial charge in [0, 0.05) is 18.8 Å². The van der Waals surface area contributed by atoms with Gasteiger partial charge in [-0.2, -0.15) is 0 Å². The molecule has 0 aliphatic heterocycles. The fourth-order valence-electron chi connectivity index (χ4n) is 1.77. The van der Waals surface area contributed by atoms with Crippen LogP contribution in [0.15, 0.2) is 24.3 Å². The molecule has 0 radical (unpaired) electrons. The molecule has 1 atom stereocenters. The van der Waals surface area contributed by atoms with Crippen molar-refractivity contribution < 1.29 is 9.90 Å². The van der Waals surface area contributed by atoms with Crippen LogP contribution in [-0.2, 0) is 11.2 Å². The van der Waals surface area contributed by atoms with Crippen LogP contribution in [0.5, 0.6) is 0 Å². The third kappa shape index (κ3) is 6.14. The minimum atomic E-state index is -0.960. The first-order valence-corrected chi connectivity index (χ1v) is 5.90. The number of nitrogens with zero attached hydrogens (tertiary/aromatic N) is 1. The van der Waals surface area contributed by atoms with E-state index in [-0.39, 0.29) is 24.8 Å². The van der Waals surface area contributed by atoms with E-state index in [1.807, 2.05) is 24.3 Å². The number of benzene rings is 1. The molecule has 0 bridgehead atoms. The molecule has 0 amide bonds. The van der Waals surface area contributed by atoms with E-state index in [0.29, 0.717) is 6.42 Å². The van der Waals surface area contributed by atoms with Crippen LogP contribution in [0.2, 0.25) is 0 Å². The van der Waals surface area contributed by atoms with E-state index in [0.717, 1.165) is 24.3 Å².